The Balaban J connectivity index is 2.16. The summed E-state index contributed by atoms with van der Waals surface area (Å²) >= 11 is 0. The minimum absolute atomic E-state index is 0.0848. The van der Waals surface area contributed by atoms with Crippen molar-refractivity contribution in [3.8, 4) is 16.9 Å². The van der Waals surface area contributed by atoms with Crippen LogP contribution in [0.4, 0.5) is 13.2 Å². The van der Waals surface area contributed by atoms with Crippen molar-refractivity contribution in [2.45, 2.75) is 53.5 Å². The van der Waals surface area contributed by atoms with Crippen LogP contribution in [0.5, 0.6) is 5.75 Å². The van der Waals surface area contributed by atoms with Crippen LogP contribution in [0, 0.1) is 31.3 Å². The number of hydrogen-bond donors (Lipinski definition) is 2. The number of allylic oxidation sites excluding steroid dienone is 1. The molecule has 40 heavy (non-hydrogen) atoms. The maximum Gasteiger partial charge on any atom is 0.247 e. The minimum Gasteiger partial charge on any atom is -0.493 e. The van der Waals surface area contributed by atoms with E-state index in [-0.39, 0.29) is 23.8 Å². The van der Waals surface area contributed by atoms with E-state index in [4.69, 9.17) is 4.74 Å². The van der Waals surface area contributed by atoms with Gasteiger partial charge in [0.25, 0.3) is 0 Å². The summed E-state index contributed by atoms with van der Waals surface area (Å²) in [6.07, 6.45) is 5.62. The number of aliphatic hydroxyl groups is 1. The quantitative estimate of drug-likeness (QED) is 0.283. The average Bonchev–Trinajstić information content (AvgIpc) is 2.89. The number of nitrogens with one attached hydrogen (secondary N) is 1. The van der Waals surface area contributed by atoms with Gasteiger partial charge in [-0.05, 0) is 93.6 Å². The molecule has 0 spiro atoms. The topological polar surface area (TPSA) is 71.5 Å². The Hall–Kier alpha value is -3.91. The first kappa shape index (κ1) is 30.6. The molecule has 1 amide bonds. The maximum absolute atomic E-state index is 14.9. The van der Waals surface area contributed by atoms with Crippen molar-refractivity contribution in [3.05, 3.63) is 93.6 Å². The highest BCUT2D eigenvalue weighted by Gasteiger charge is 2.21. The molecule has 0 radical (unpaired) electrons. The summed E-state index contributed by atoms with van der Waals surface area (Å²) in [5, 5.41) is 12.2. The van der Waals surface area contributed by atoms with Crippen LogP contribution >= 0.6 is 0 Å². The van der Waals surface area contributed by atoms with Gasteiger partial charge in [0.15, 0.2) is 11.6 Å². The lowest BCUT2D eigenvalue weighted by molar-refractivity contribution is -0.119. The standard InChI is InChI=1S/C32H35F3N2O3/c1-8-9-25(28-14-24(34)15-29(35)30(28)40-7)27-12-22(16-36-20(27)4)26-13-23(33)11-21(19(26)3)10-18(2)31(39)37-32(5,6)17-38/h9-16,38H,8,17H2,1-7H3,(H,37,39)/b18-10+,25-9+. The number of benzene rings is 2. The number of pyridine rings is 1. The van der Waals surface area contributed by atoms with Crippen LogP contribution in [-0.2, 0) is 4.79 Å². The van der Waals surface area contributed by atoms with E-state index in [0.29, 0.717) is 51.1 Å². The molecule has 0 saturated carbocycles. The summed E-state index contributed by atoms with van der Waals surface area (Å²) < 4.78 is 49.0. The number of aromatic nitrogens is 1. The van der Waals surface area contributed by atoms with E-state index in [0.717, 1.165) is 6.07 Å². The summed E-state index contributed by atoms with van der Waals surface area (Å²) in [5.74, 6) is -2.53. The molecule has 212 valence electrons. The van der Waals surface area contributed by atoms with Crippen LogP contribution in [0.2, 0.25) is 0 Å². The number of aliphatic hydroxyl groups excluding tert-OH is 1. The highest BCUT2D eigenvalue weighted by atomic mass is 19.1. The van der Waals surface area contributed by atoms with Crippen molar-refractivity contribution in [2.24, 2.45) is 0 Å². The van der Waals surface area contributed by atoms with Crippen LogP contribution < -0.4 is 10.1 Å². The Morgan fingerprint density at radius 3 is 2.38 bits per heavy atom. The van der Waals surface area contributed by atoms with E-state index in [9.17, 15) is 23.1 Å². The van der Waals surface area contributed by atoms with Crippen molar-refractivity contribution in [3.63, 3.8) is 0 Å². The molecule has 2 aromatic carbocycles. The SMILES string of the molecule is CC/C=C(\c1cc(-c2cc(F)cc(/C=C(\C)C(=O)NC(C)(C)CO)c2C)cnc1C)c1cc(F)cc(F)c1OC. The minimum atomic E-state index is -0.819. The molecule has 0 bridgehead atoms. The van der Waals surface area contributed by atoms with Crippen molar-refractivity contribution in [1.82, 2.24) is 10.3 Å². The second-order valence-electron chi connectivity index (χ2n) is 10.3. The number of rotatable bonds is 9. The molecule has 0 aliphatic carbocycles. The fraction of sp³-hybridized carbons (Fsp3) is 0.312. The average molecular weight is 553 g/mol. The number of aryl methyl sites for hydroxylation is 1. The molecule has 0 atom stereocenters. The van der Waals surface area contributed by atoms with Crippen LogP contribution in [0.3, 0.4) is 0 Å². The van der Waals surface area contributed by atoms with Crippen molar-refractivity contribution >= 4 is 17.6 Å². The summed E-state index contributed by atoms with van der Waals surface area (Å²) in [6.45, 7) is 10.3. The Morgan fingerprint density at radius 2 is 1.75 bits per heavy atom. The van der Waals surface area contributed by atoms with Gasteiger partial charge in [-0.15, -0.1) is 0 Å². The van der Waals surface area contributed by atoms with Gasteiger partial charge in [-0.2, -0.15) is 0 Å². The predicted molar refractivity (Wildman–Crippen MR) is 152 cm³/mol. The first-order valence-electron chi connectivity index (χ1n) is 12.9. The number of amides is 1. The summed E-state index contributed by atoms with van der Waals surface area (Å²) in [4.78, 5) is 17.2. The predicted octanol–water partition coefficient (Wildman–Crippen LogP) is 6.92. The molecule has 0 aliphatic heterocycles. The van der Waals surface area contributed by atoms with Gasteiger partial charge < -0.3 is 15.2 Å². The van der Waals surface area contributed by atoms with Crippen molar-refractivity contribution in [1.29, 1.82) is 0 Å². The summed E-state index contributed by atoms with van der Waals surface area (Å²) in [6, 6.07) is 6.53. The third-order valence-corrected chi connectivity index (χ3v) is 6.59. The first-order chi connectivity index (χ1) is 18.8. The highest BCUT2D eigenvalue weighted by Crippen LogP contribution is 2.37. The molecule has 2 N–H and O–H groups in total. The lowest BCUT2D eigenvalue weighted by Gasteiger charge is -2.23. The Morgan fingerprint density at radius 1 is 1.07 bits per heavy atom. The first-order valence-corrected chi connectivity index (χ1v) is 12.9. The zero-order chi connectivity index (χ0) is 29.8. The fourth-order valence-corrected chi connectivity index (χ4v) is 4.38. The van der Waals surface area contributed by atoms with Gasteiger partial charge in [-0.3, -0.25) is 9.78 Å². The number of hydrogen-bond acceptors (Lipinski definition) is 4. The number of carbonyl (C=O) groups is 1. The third kappa shape index (κ3) is 6.80. The third-order valence-electron chi connectivity index (χ3n) is 6.59. The Bertz CT molecular complexity index is 1490. The molecule has 3 rings (SSSR count). The van der Waals surface area contributed by atoms with Crippen LogP contribution in [0.15, 0.2) is 48.2 Å². The molecule has 5 nitrogen and oxygen atoms in total. The fourth-order valence-electron chi connectivity index (χ4n) is 4.38. The van der Waals surface area contributed by atoms with Gasteiger partial charge in [-0.25, -0.2) is 13.2 Å². The number of methoxy groups -OCH3 is 1. The van der Waals surface area contributed by atoms with E-state index >= 15 is 0 Å². The van der Waals surface area contributed by atoms with Gasteiger partial charge in [0.1, 0.15) is 11.6 Å². The number of nitrogens with zero attached hydrogens (tertiary/aromatic N) is 1. The van der Waals surface area contributed by atoms with Crippen LogP contribution in [0.1, 0.15) is 62.1 Å². The van der Waals surface area contributed by atoms with Gasteiger partial charge in [0.05, 0.1) is 19.3 Å². The van der Waals surface area contributed by atoms with Gasteiger partial charge >= 0.3 is 0 Å². The largest absolute Gasteiger partial charge is 0.493 e. The second-order valence-corrected chi connectivity index (χ2v) is 10.3. The van der Waals surface area contributed by atoms with E-state index in [1.165, 1.54) is 25.3 Å². The smallest absolute Gasteiger partial charge is 0.247 e. The molecule has 0 aliphatic rings. The van der Waals surface area contributed by atoms with Gasteiger partial charge in [0, 0.05) is 40.2 Å². The monoisotopic (exact) mass is 552 g/mol. The molecule has 0 unspecified atom stereocenters. The van der Waals surface area contributed by atoms with Crippen molar-refractivity contribution in [2.75, 3.05) is 13.7 Å². The number of carbonyl (C=O) groups excluding carboxylic acids is 1. The molecule has 8 heteroatoms. The van der Waals surface area contributed by atoms with Crippen molar-refractivity contribution < 1.29 is 27.8 Å². The zero-order valence-electron chi connectivity index (χ0n) is 23.9. The molecule has 0 saturated heterocycles. The summed E-state index contributed by atoms with van der Waals surface area (Å²) in [7, 11) is 1.32. The number of halogens is 3. The summed E-state index contributed by atoms with van der Waals surface area (Å²) in [5.41, 5.74) is 3.91. The Labute approximate surface area is 233 Å². The van der Waals surface area contributed by atoms with E-state index in [1.54, 1.807) is 40.0 Å². The molecule has 0 fully saturated rings. The lowest BCUT2D eigenvalue weighted by Crippen LogP contribution is -2.46. The molecular formula is C32H35F3N2O3. The number of ether oxygens (including phenoxy) is 1. The maximum atomic E-state index is 14.9. The van der Waals surface area contributed by atoms with Gasteiger partial charge in [0.2, 0.25) is 5.91 Å². The van der Waals surface area contributed by atoms with Crippen LogP contribution in [-0.4, -0.2) is 35.3 Å². The van der Waals surface area contributed by atoms with Gasteiger partial charge in [-0.1, -0.05) is 13.0 Å². The molecular weight excluding hydrogens is 517 g/mol. The normalized spacial score (nSPS) is 12.5. The van der Waals surface area contributed by atoms with Crippen LogP contribution in [0.25, 0.3) is 22.8 Å². The second kappa shape index (κ2) is 12.5. The van der Waals surface area contributed by atoms with E-state index in [1.807, 2.05) is 26.0 Å². The lowest BCUT2D eigenvalue weighted by atomic mass is 9.90. The molecule has 1 heterocycles. The Kier molecular flexibility index (Phi) is 9.58. The molecule has 1 aromatic heterocycles. The van der Waals surface area contributed by atoms with E-state index < -0.39 is 23.0 Å². The van der Waals surface area contributed by atoms with E-state index in [2.05, 4.69) is 10.3 Å². The zero-order valence-corrected chi connectivity index (χ0v) is 23.9. The molecule has 3 aromatic rings. The highest BCUT2D eigenvalue weighted by molar-refractivity contribution is 5.98.